The molecule has 0 radical (unpaired) electrons. The second-order valence-electron chi connectivity index (χ2n) is 6.86. The summed E-state index contributed by atoms with van der Waals surface area (Å²) < 4.78 is 13.2. The van der Waals surface area contributed by atoms with Crippen molar-refractivity contribution in [3.05, 3.63) is 35.6 Å². The van der Waals surface area contributed by atoms with E-state index < -0.39 is 0 Å². The lowest BCUT2D eigenvalue weighted by atomic mass is 9.75. The molecule has 1 N–H and O–H groups in total. The Hall–Kier alpha value is -0.890. The van der Waals surface area contributed by atoms with Crippen molar-refractivity contribution in [3.63, 3.8) is 0 Å². The van der Waals surface area contributed by atoms with Crippen molar-refractivity contribution in [2.24, 2.45) is 5.41 Å². The van der Waals surface area contributed by atoms with Crippen molar-refractivity contribution in [1.82, 2.24) is 5.32 Å². The smallest absolute Gasteiger partial charge is 0.123 e. The molecular weight excluding hydrogens is 237 g/mol. The molecule has 1 nitrogen and oxygen atoms in total. The summed E-state index contributed by atoms with van der Waals surface area (Å²) in [7, 11) is 0. The van der Waals surface area contributed by atoms with Crippen LogP contribution in [0, 0.1) is 11.2 Å². The van der Waals surface area contributed by atoms with Gasteiger partial charge >= 0.3 is 0 Å². The highest BCUT2D eigenvalue weighted by Gasteiger charge is 2.28. The zero-order valence-electron chi connectivity index (χ0n) is 12.4. The minimum Gasteiger partial charge on any atom is -0.311 e. The Bertz CT molecular complexity index is 413. The molecule has 19 heavy (non-hydrogen) atoms. The average molecular weight is 263 g/mol. The maximum Gasteiger partial charge on any atom is 0.123 e. The minimum absolute atomic E-state index is 0.136. The molecule has 0 aromatic heterocycles. The summed E-state index contributed by atoms with van der Waals surface area (Å²) in [6, 6.07) is 7.97. The third-order valence-corrected chi connectivity index (χ3v) is 4.16. The number of halogens is 1. The Morgan fingerprint density at radius 2 is 2.21 bits per heavy atom. The first-order valence-electron chi connectivity index (χ1n) is 7.45. The van der Waals surface area contributed by atoms with Crippen LogP contribution in [0.5, 0.6) is 0 Å². The second-order valence-corrected chi connectivity index (χ2v) is 6.86. The van der Waals surface area contributed by atoms with Crippen molar-refractivity contribution in [2.45, 2.75) is 65.0 Å². The SMILES string of the molecule is CC(Cc1cccc(F)c1)NC1CCCC(C)(C)C1. The van der Waals surface area contributed by atoms with E-state index in [0.717, 1.165) is 12.0 Å². The van der Waals surface area contributed by atoms with Crippen LogP contribution in [0.1, 0.15) is 52.0 Å². The van der Waals surface area contributed by atoms with Gasteiger partial charge in [0.2, 0.25) is 0 Å². The van der Waals surface area contributed by atoms with Gasteiger partial charge in [-0.05, 0) is 55.7 Å². The van der Waals surface area contributed by atoms with Crippen molar-refractivity contribution < 1.29 is 4.39 Å². The van der Waals surface area contributed by atoms with E-state index in [1.54, 1.807) is 12.1 Å². The maximum atomic E-state index is 13.2. The lowest BCUT2D eigenvalue weighted by Crippen LogP contribution is -2.42. The summed E-state index contributed by atoms with van der Waals surface area (Å²) in [4.78, 5) is 0. The van der Waals surface area contributed by atoms with Gasteiger partial charge in [0, 0.05) is 12.1 Å². The van der Waals surface area contributed by atoms with Crippen molar-refractivity contribution in [3.8, 4) is 0 Å². The molecule has 0 amide bonds. The van der Waals surface area contributed by atoms with Gasteiger partial charge in [0.1, 0.15) is 5.82 Å². The van der Waals surface area contributed by atoms with Gasteiger partial charge in [-0.1, -0.05) is 32.4 Å². The van der Waals surface area contributed by atoms with Crippen LogP contribution in [0.4, 0.5) is 4.39 Å². The Balaban J connectivity index is 1.85. The first kappa shape index (κ1) is 14.5. The third kappa shape index (κ3) is 4.61. The van der Waals surface area contributed by atoms with Gasteiger partial charge in [0.05, 0.1) is 0 Å². The molecular formula is C17H26FN. The van der Waals surface area contributed by atoms with Crippen LogP contribution in [0.3, 0.4) is 0 Å². The lowest BCUT2D eigenvalue weighted by molar-refractivity contribution is 0.190. The van der Waals surface area contributed by atoms with E-state index >= 15 is 0 Å². The summed E-state index contributed by atoms with van der Waals surface area (Å²) in [6.07, 6.45) is 6.08. The lowest BCUT2D eigenvalue weighted by Gasteiger charge is -2.37. The molecule has 1 aromatic rings. The zero-order chi connectivity index (χ0) is 13.9. The predicted molar refractivity (Wildman–Crippen MR) is 78.7 cm³/mol. The first-order valence-corrected chi connectivity index (χ1v) is 7.45. The van der Waals surface area contributed by atoms with E-state index in [1.165, 1.54) is 31.7 Å². The number of hydrogen-bond donors (Lipinski definition) is 1. The van der Waals surface area contributed by atoms with Crippen LogP contribution in [-0.4, -0.2) is 12.1 Å². The van der Waals surface area contributed by atoms with Crippen LogP contribution in [0.2, 0.25) is 0 Å². The average Bonchev–Trinajstić information content (AvgIpc) is 2.27. The molecule has 1 aliphatic rings. The molecule has 0 bridgehead atoms. The van der Waals surface area contributed by atoms with E-state index in [9.17, 15) is 4.39 Å². The second kappa shape index (κ2) is 6.04. The molecule has 106 valence electrons. The van der Waals surface area contributed by atoms with Gasteiger partial charge in [0.25, 0.3) is 0 Å². The summed E-state index contributed by atoms with van der Waals surface area (Å²) in [5, 5.41) is 3.72. The van der Waals surface area contributed by atoms with Gasteiger partial charge in [-0.2, -0.15) is 0 Å². The van der Waals surface area contributed by atoms with Gasteiger partial charge < -0.3 is 5.32 Å². The van der Waals surface area contributed by atoms with Crippen molar-refractivity contribution >= 4 is 0 Å². The van der Waals surface area contributed by atoms with E-state index in [-0.39, 0.29) is 5.82 Å². The fourth-order valence-electron chi connectivity index (χ4n) is 3.32. The van der Waals surface area contributed by atoms with E-state index in [4.69, 9.17) is 0 Å². The highest BCUT2D eigenvalue weighted by atomic mass is 19.1. The fourth-order valence-corrected chi connectivity index (χ4v) is 3.32. The van der Waals surface area contributed by atoms with E-state index in [2.05, 4.69) is 26.1 Å². The molecule has 1 aromatic carbocycles. The quantitative estimate of drug-likeness (QED) is 0.853. The van der Waals surface area contributed by atoms with Gasteiger partial charge in [0.15, 0.2) is 0 Å². The number of rotatable bonds is 4. The Labute approximate surface area is 116 Å². The maximum absolute atomic E-state index is 13.2. The summed E-state index contributed by atoms with van der Waals surface area (Å²) >= 11 is 0. The van der Waals surface area contributed by atoms with E-state index in [0.29, 0.717) is 17.5 Å². The molecule has 1 fully saturated rings. The Morgan fingerprint density at radius 3 is 2.89 bits per heavy atom. The zero-order valence-corrected chi connectivity index (χ0v) is 12.4. The molecule has 2 unspecified atom stereocenters. The van der Waals surface area contributed by atoms with Gasteiger partial charge in [-0.15, -0.1) is 0 Å². The Kier molecular flexibility index (Phi) is 4.62. The molecule has 1 saturated carbocycles. The van der Waals surface area contributed by atoms with Crippen LogP contribution < -0.4 is 5.32 Å². The normalized spacial score (nSPS) is 24.1. The summed E-state index contributed by atoms with van der Waals surface area (Å²) in [6.45, 7) is 6.92. The van der Waals surface area contributed by atoms with Crippen LogP contribution >= 0.6 is 0 Å². The molecule has 2 atom stereocenters. The largest absolute Gasteiger partial charge is 0.311 e. The van der Waals surface area contributed by atoms with Gasteiger partial charge in [-0.25, -0.2) is 4.39 Å². The first-order chi connectivity index (χ1) is 8.94. The highest BCUT2D eigenvalue weighted by molar-refractivity contribution is 5.17. The monoisotopic (exact) mass is 263 g/mol. The predicted octanol–water partition coefficient (Wildman–Crippen LogP) is 4.32. The summed E-state index contributed by atoms with van der Waals surface area (Å²) in [5.41, 5.74) is 1.55. The standard InChI is InChI=1S/C17H26FN/c1-13(10-14-6-4-7-15(18)11-14)19-16-8-5-9-17(2,3)12-16/h4,6-7,11,13,16,19H,5,8-10,12H2,1-3H3. The molecule has 1 aliphatic carbocycles. The third-order valence-electron chi connectivity index (χ3n) is 4.16. The van der Waals surface area contributed by atoms with Crippen molar-refractivity contribution in [1.29, 1.82) is 0 Å². The molecule has 0 aliphatic heterocycles. The van der Waals surface area contributed by atoms with Crippen LogP contribution in [0.25, 0.3) is 0 Å². The topological polar surface area (TPSA) is 12.0 Å². The molecule has 2 heteroatoms. The molecule has 2 rings (SSSR count). The number of nitrogens with one attached hydrogen (secondary N) is 1. The number of hydrogen-bond acceptors (Lipinski definition) is 1. The van der Waals surface area contributed by atoms with E-state index in [1.807, 2.05) is 6.07 Å². The summed E-state index contributed by atoms with van der Waals surface area (Å²) in [5.74, 6) is -0.136. The Morgan fingerprint density at radius 1 is 1.42 bits per heavy atom. The van der Waals surface area contributed by atoms with Crippen LogP contribution in [-0.2, 0) is 6.42 Å². The molecule has 0 saturated heterocycles. The molecule has 0 spiro atoms. The van der Waals surface area contributed by atoms with Crippen LogP contribution in [0.15, 0.2) is 24.3 Å². The molecule has 0 heterocycles. The minimum atomic E-state index is -0.136. The van der Waals surface area contributed by atoms with Gasteiger partial charge in [-0.3, -0.25) is 0 Å². The fraction of sp³-hybridized carbons (Fsp3) is 0.647. The number of benzene rings is 1. The highest BCUT2D eigenvalue weighted by Crippen LogP contribution is 2.35. The van der Waals surface area contributed by atoms with Crippen molar-refractivity contribution in [2.75, 3.05) is 0 Å².